The maximum atomic E-state index is 11.3. The first-order valence-corrected chi connectivity index (χ1v) is 7.70. The molecule has 1 atom stereocenters. The summed E-state index contributed by atoms with van der Waals surface area (Å²) in [5, 5.41) is 0. The van der Waals surface area contributed by atoms with Gasteiger partial charge in [0.2, 0.25) is 0 Å². The molecule has 1 aliphatic rings. The number of nitrogens with zero attached hydrogens (tertiary/aromatic N) is 1. The number of carbonyl (C=O) groups excluding carboxylic acids is 1. The zero-order chi connectivity index (χ0) is 11.8. The van der Waals surface area contributed by atoms with Crippen LogP contribution in [0.5, 0.6) is 0 Å². The molecule has 0 saturated carbocycles. The average molecular weight is 243 g/mol. The van der Waals surface area contributed by atoms with Crippen molar-refractivity contribution >= 4 is 17.5 Å². The van der Waals surface area contributed by atoms with Gasteiger partial charge in [0.05, 0.1) is 0 Å². The Hall–Kier alpha value is -0.0200. The summed E-state index contributed by atoms with van der Waals surface area (Å²) in [5.74, 6) is 2.76. The number of Topliss-reactive ketones (excluding diaryl/α,β-unsaturated/α-hetero) is 1. The Labute approximate surface area is 104 Å². The Bertz CT molecular complexity index is 208. The van der Waals surface area contributed by atoms with E-state index in [0.29, 0.717) is 11.8 Å². The Morgan fingerprint density at radius 1 is 1.38 bits per heavy atom. The number of thioether (sulfide) groups is 1. The molecular weight excluding hydrogens is 218 g/mol. The van der Waals surface area contributed by atoms with Crippen molar-refractivity contribution in [1.82, 2.24) is 4.90 Å². The highest BCUT2D eigenvalue weighted by Crippen LogP contribution is 2.20. The van der Waals surface area contributed by atoms with Crippen LogP contribution in [0.1, 0.15) is 46.0 Å². The topological polar surface area (TPSA) is 20.3 Å². The molecular formula is C13H25NOS. The molecule has 3 heteroatoms. The van der Waals surface area contributed by atoms with Gasteiger partial charge in [0.15, 0.2) is 0 Å². The molecule has 16 heavy (non-hydrogen) atoms. The maximum Gasteiger partial charge on any atom is 0.131 e. The quantitative estimate of drug-likeness (QED) is 0.669. The summed E-state index contributed by atoms with van der Waals surface area (Å²) in [6.07, 6.45) is 5.93. The lowest BCUT2D eigenvalue weighted by molar-refractivity contribution is -0.118. The number of ketones is 1. The molecule has 0 amide bonds. The van der Waals surface area contributed by atoms with E-state index in [0.717, 1.165) is 13.0 Å². The van der Waals surface area contributed by atoms with E-state index in [1.165, 1.54) is 43.7 Å². The summed E-state index contributed by atoms with van der Waals surface area (Å²) in [7, 11) is 0. The molecule has 0 aromatic carbocycles. The Balaban J connectivity index is 2.41. The Kier molecular flexibility index (Phi) is 7.13. The highest BCUT2D eigenvalue weighted by Gasteiger charge is 2.21. The standard InChI is InChI=1S/C13H25NOS/c1-3-16-10-9-14-8-6-4-5-7-13(14)11-12(2)15/h13H,3-11H2,1-2H3. The second-order valence-corrected chi connectivity index (χ2v) is 6.04. The number of hydrogen-bond acceptors (Lipinski definition) is 3. The lowest BCUT2D eigenvalue weighted by Crippen LogP contribution is -2.37. The second kappa shape index (κ2) is 8.13. The Morgan fingerprint density at radius 2 is 2.19 bits per heavy atom. The van der Waals surface area contributed by atoms with E-state index in [1.54, 1.807) is 6.92 Å². The molecule has 1 heterocycles. The van der Waals surface area contributed by atoms with Gasteiger partial charge in [-0.1, -0.05) is 19.8 Å². The van der Waals surface area contributed by atoms with Crippen LogP contribution in [-0.4, -0.2) is 41.3 Å². The molecule has 1 unspecified atom stereocenters. The molecule has 0 aliphatic carbocycles. The predicted octanol–water partition coefficient (Wildman–Crippen LogP) is 2.96. The first kappa shape index (κ1) is 14.0. The summed E-state index contributed by atoms with van der Waals surface area (Å²) in [6, 6.07) is 0.525. The van der Waals surface area contributed by atoms with Crippen LogP contribution in [-0.2, 0) is 4.79 Å². The zero-order valence-corrected chi connectivity index (χ0v) is 11.5. The van der Waals surface area contributed by atoms with E-state index in [4.69, 9.17) is 0 Å². The maximum absolute atomic E-state index is 11.3. The van der Waals surface area contributed by atoms with Gasteiger partial charge >= 0.3 is 0 Å². The normalized spacial score (nSPS) is 23.0. The molecule has 1 aliphatic heterocycles. The SMILES string of the molecule is CCSCCN1CCCCCC1CC(C)=O. The van der Waals surface area contributed by atoms with Crippen LogP contribution >= 0.6 is 11.8 Å². The van der Waals surface area contributed by atoms with Gasteiger partial charge in [-0.25, -0.2) is 0 Å². The van der Waals surface area contributed by atoms with Crippen LogP contribution in [0.25, 0.3) is 0 Å². The second-order valence-electron chi connectivity index (χ2n) is 4.64. The van der Waals surface area contributed by atoms with Crippen molar-refractivity contribution in [3.05, 3.63) is 0 Å². The van der Waals surface area contributed by atoms with E-state index in [1.807, 2.05) is 11.8 Å². The van der Waals surface area contributed by atoms with Gasteiger partial charge in [-0.3, -0.25) is 9.69 Å². The van der Waals surface area contributed by atoms with Crippen LogP contribution < -0.4 is 0 Å². The minimum absolute atomic E-state index is 0.347. The van der Waals surface area contributed by atoms with E-state index >= 15 is 0 Å². The van der Waals surface area contributed by atoms with Crippen LogP contribution in [0.15, 0.2) is 0 Å². The summed E-state index contributed by atoms with van der Waals surface area (Å²) >= 11 is 2.00. The molecule has 1 fully saturated rings. The molecule has 0 spiro atoms. The van der Waals surface area contributed by atoms with Gasteiger partial charge in [-0.15, -0.1) is 0 Å². The third-order valence-corrected chi connectivity index (χ3v) is 4.13. The smallest absolute Gasteiger partial charge is 0.131 e. The van der Waals surface area contributed by atoms with Gasteiger partial charge in [-0.2, -0.15) is 11.8 Å². The first-order chi connectivity index (χ1) is 7.74. The monoisotopic (exact) mass is 243 g/mol. The van der Waals surface area contributed by atoms with E-state index < -0.39 is 0 Å². The summed E-state index contributed by atoms with van der Waals surface area (Å²) in [6.45, 7) is 6.29. The third kappa shape index (κ3) is 5.35. The van der Waals surface area contributed by atoms with Gasteiger partial charge in [-0.05, 0) is 32.1 Å². The summed E-state index contributed by atoms with van der Waals surface area (Å²) in [4.78, 5) is 13.8. The lowest BCUT2D eigenvalue weighted by atomic mass is 10.0. The van der Waals surface area contributed by atoms with Crippen molar-refractivity contribution in [2.45, 2.75) is 52.0 Å². The molecule has 0 radical (unpaired) electrons. The predicted molar refractivity (Wildman–Crippen MR) is 72.1 cm³/mol. The van der Waals surface area contributed by atoms with Gasteiger partial charge in [0, 0.05) is 24.8 Å². The summed E-state index contributed by atoms with van der Waals surface area (Å²) < 4.78 is 0. The lowest BCUT2D eigenvalue weighted by Gasteiger charge is -2.29. The molecule has 1 rings (SSSR count). The van der Waals surface area contributed by atoms with E-state index in [9.17, 15) is 4.79 Å². The van der Waals surface area contributed by atoms with Crippen molar-refractivity contribution in [2.24, 2.45) is 0 Å². The first-order valence-electron chi connectivity index (χ1n) is 6.55. The number of carbonyl (C=O) groups is 1. The molecule has 94 valence electrons. The van der Waals surface area contributed by atoms with Crippen LogP contribution in [0, 0.1) is 0 Å². The van der Waals surface area contributed by atoms with Gasteiger partial charge in [0.25, 0.3) is 0 Å². The minimum atomic E-state index is 0.347. The number of rotatable bonds is 6. The molecule has 1 saturated heterocycles. The molecule has 0 bridgehead atoms. The van der Waals surface area contributed by atoms with Crippen molar-refractivity contribution < 1.29 is 4.79 Å². The fourth-order valence-corrected chi connectivity index (χ4v) is 3.07. The van der Waals surface area contributed by atoms with Crippen LogP contribution in [0.3, 0.4) is 0 Å². The summed E-state index contributed by atoms with van der Waals surface area (Å²) in [5.41, 5.74) is 0. The van der Waals surface area contributed by atoms with E-state index in [2.05, 4.69) is 11.8 Å². The molecule has 0 aromatic rings. The number of hydrogen-bond donors (Lipinski definition) is 0. The fourth-order valence-electron chi connectivity index (χ4n) is 2.42. The Morgan fingerprint density at radius 3 is 2.88 bits per heavy atom. The molecule has 0 aromatic heterocycles. The largest absolute Gasteiger partial charge is 0.300 e. The zero-order valence-electron chi connectivity index (χ0n) is 10.7. The van der Waals surface area contributed by atoms with Crippen molar-refractivity contribution in [1.29, 1.82) is 0 Å². The fraction of sp³-hybridized carbons (Fsp3) is 0.923. The highest BCUT2D eigenvalue weighted by atomic mass is 32.2. The van der Waals surface area contributed by atoms with E-state index in [-0.39, 0.29) is 0 Å². The van der Waals surface area contributed by atoms with Crippen molar-refractivity contribution in [2.75, 3.05) is 24.6 Å². The van der Waals surface area contributed by atoms with Crippen LogP contribution in [0.2, 0.25) is 0 Å². The van der Waals surface area contributed by atoms with Crippen molar-refractivity contribution in [3.63, 3.8) is 0 Å². The number of likely N-dealkylation sites (tertiary alicyclic amines) is 1. The third-order valence-electron chi connectivity index (χ3n) is 3.25. The van der Waals surface area contributed by atoms with Gasteiger partial charge in [0.1, 0.15) is 5.78 Å². The average Bonchev–Trinajstić information content (AvgIpc) is 2.44. The highest BCUT2D eigenvalue weighted by molar-refractivity contribution is 7.99. The van der Waals surface area contributed by atoms with Crippen LogP contribution in [0.4, 0.5) is 0 Å². The minimum Gasteiger partial charge on any atom is -0.300 e. The van der Waals surface area contributed by atoms with Crippen molar-refractivity contribution in [3.8, 4) is 0 Å². The van der Waals surface area contributed by atoms with Gasteiger partial charge < -0.3 is 0 Å². The molecule has 0 N–H and O–H groups in total. The molecule has 2 nitrogen and oxygen atoms in total.